The van der Waals surface area contributed by atoms with Crippen molar-refractivity contribution in [1.82, 2.24) is 14.3 Å². The molecule has 1 aromatic carbocycles. The predicted octanol–water partition coefficient (Wildman–Crippen LogP) is 2.50. The minimum absolute atomic E-state index is 0.0477. The third kappa shape index (κ3) is 4.53. The SMILES string of the molecule is Cc1nc(N2CCCCC2)cc(N2CCN(S(=O)(=O)c3ccc(C)c([N+](=O)[O-])c3)CC2)n1. The fourth-order valence-corrected chi connectivity index (χ4v) is 5.68. The monoisotopic (exact) mass is 460 g/mol. The Morgan fingerprint density at radius 1 is 0.875 bits per heavy atom. The molecule has 2 aliphatic rings. The van der Waals surface area contributed by atoms with Crippen LogP contribution in [0.1, 0.15) is 30.7 Å². The number of nitro groups is 1. The molecule has 0 saturated carbocycles. The molecule has 32 heavy (non-hydrogen) atoms. The summed E-state index contributed by atoms with van der Waals surface area (Å²) in [6, 6.07) is 6.05. The van der Waals surface area contributed by atoms with Crippen molar-refractivity contribution in [3.05, 3.63) is 45.8 Å². The van der Waals surface area contributed by atoms with Crippen molar-refractivity contribution in [2.75, 3.05) is 49.1 Å². The molecular weight excluding hydrogens is 432 g/mol. The topological polar surface area (TPSA) is 113 Å². The first kappa shape index (κ1) is 22.4. The van der Waals surface area contributed by atoms with E-state index >= 15 is 0 Å². The molecule has 172 valence electrons. The Kier molecular flexibility index (Phi) is 6.29. The second-order valence-corrected chi connectivity index (χ2v) is 10.2. The van der Waals surface area contributed by atoms with Crippen molar-refractivity contribution >= 4 is 27.3 Å². The number of aryl methyl sites for hydroxylation is 2. The number of piperidine rings is 1. The first-order valence-electron chi connectivity index (χ1n) is 10.9. The van der Waals surface area contributed by atoms with Gasteiger partial charge < -0.3 is 9.80 Å². The highest BCUT2D eigenvalue weighted by molar-refractivity contribution is 7.89. The zero-order valence-corrected chi connectivity index (χ0v) is 19.2. The summed E-state index contributed by atoms with van der Waals surface area (Å²) < 4.78 is 27.6. The summed E-state index contributed by atoms with van der Waals surface area (Å²) in [5.41, 5.74) is 0.244. The summed E-state index contributed by atoms with van der Waals surface area (Å²) in [7, 11) is -3.81. The van der Waals surface area contributed by atoms with Crippen molar-refractivity contribution in [1.29, 1.82) is 0 Å². The minimum atomic E-state index is -3.81. The van der Waals surface area contributed by atoms with Crippen LogP contribution in [0.2, 0.25) is 0 Å². The maximum Gasteiger partial charge on any atom is 0.273 e. The van der Waals surface area contributed by atoms with Gasteiger partial charge in [0.2, 0.25) is 10.0 Å². The Balaban J connectivity index is 1.49. The van der Waals surface area contributed by atoms with Gasteiger partial charge in [-0.3, -0.25) is 10.1 Å². The molecule has 2 fully saturated rings. The average Bonchev–Trinajstić information content (AvgIpc) is 2.79. The van der Waals surface area contributed by atoms with Gasteiger partial charge in [0.05, 0.1) is 9.82 Å². The molecule has 2 aliphatic heterocycles. The standard InChI is InChI=1S/C21H28N6O4S/c1-16-6-7-18(14-19(16)27(28)29)32(30,31)26-12-10-25(11-13-26)21-15-20(22-17(2)23-21)24-8-4-3-5-9-24/h6-7,14-15H,3-5,8-13H2,1-2H3. The number of benzene rings is 1. The lowest BCUT2D eigenvalue weighted by Gasteiger charge is -2.35. The van der Waals surface area contributed by atoms with Gasteiger partial charge in [-0.25, -0.2) is 18.4 Å². The highest BCUT2D eigenvalue weighted by Gasteiger charge is 2.31. The quantitative estimate of drug-likeness (QED) is 0.494. The van der Waals surface area contributed by atoms with E-state index in [1.54, 1.807) is 6.92 Å². The molecular formula is C21H28N6O4S. The second-order valence-electron chi connectivity index (χ2n) is 8.28. The van der Waals surface area contributed by atoms with Crippen molar-refractivity contribution in [2.45, 2.75) is 38.0 Å². The third-order valence-electron chi connectivity index (χ3n) is 6.07. The van der Waals surface area contributed by atoms with Gasteiger partial charge in [-0.05, 0) is 39.2 Å². The van der Waals surface area contributed by atoms with E-state index in [0.29, 0.717) is 24.5 Å². The van der Waals surface area contributed by atoms with Crippen molar-refractivity contribution in [2.24, 2.45) is 0 Å². The molecule has 11 heteroatoms. The Bertz CT molecular complexity index is 1110. The van der Waals surface area contributed by atoms with E-state index in [1.165, 1.54) is 22.9 Å². The molecule has 3 heterocycles. The molecule has 0 N–H and O–H groups in total. The van der Waals surface area contributed by atoms with Crippen molar-refractivity contribution < 1.29 is 13.3 Å². The van der Waals surface area contributed by atoms with Gasteiger partial charge in [0.1, 0.15) is 17.5 Å². The van der Waals surface area contributed by atoms with Gasteiger partial charge in [0.25, 0.3) is 5.69 Å². The summed E-state index contributed by atoms with van der Waals surface area (Å²) >= 11 is 0. The van der Waals surface area contributed by atoms with E-state index in [0.717, 1.165) is 43.6 Å². The molecule has 0 atom stereocenters. The number of nitrogens with zero attached hydrogens (tertiary/aromatic N) is 6. The lowest BCUT2D eigenvalue weighted by Crippen LogP contribution is -2.49. The van der Waals surface area contributed by atoms with Crippen LogP contribution in [-0.2, 0) is 10.0 Å². The van der Waals surface area contributed by atoms with Gasteiger partial charge in [0.15, 0.2) is 0 Å². The van der Waals surface area contributed by atoms with Crippen LogP contribution in [0.4, 0.5) is 17.3 Å². The fraction of sp³-hybridized carbons (Fsp3) is 0.524. The lowest BCUT2D eigenvalue weighted by molar-refractivity contribution is -0.385. The molecule has 2 saturated heterocycles. The number of nitro benzene ring substituents is 1. The van der Waals surface area contributed by atoms with Gasteiger partial charge in [-0.2, -0.15) is 4.31 Å². The minimum Gasteiger partial charge on any atom is -0.356 e. The Morgan fingerprint density at radius 2 is 1.47 bits per heavy atom. The van der Waals surface area contributed by atoms with E-state index in [1.807, 2.05) is 13.0 Å². The molecule has 0 spiro atoms. The van der Waals surface area contributed by atoms with Gasteiger partial charge in [0, 0.05) is 57.0 Å². The van der Waals surface area contributed by atoms with Crippen LogP contribution in [0.15, 0.2) is 29.2 Å². The first-order valence-corrected chi connectivity index (χ1v) is 12.3. The highest BCUT2D eigenvalue weighted by atomic mass is 32.2. The molecule has 0 amide bonds. The van der Waals surface area contributed by atoms with Crippen LogP contribution in [0.25, 0.3) is 0 Å². The number of hydrogen-bond acceptors (Lipinski definition) is 8. The van der Waals surface area contributed by atoms with Crippen LogP contribution in [0.3, 0.4) is 0 Å². The summed E-state index contributed by atoms with van der Waals surface area (Å²) in [6.07, 6.45) is 3.56. The van der Waals surface area contributed by atoms with E-state index in [4.69, 9.17) is 0 Å². The molecule has 1 aromatic heterocycles. The summed E-state index contributed by atoms with van der Waals surface area (Å²) in [4.78, 5) is 24.2. The van der Waals surface area contributed by atoms with Crippen molar-refractivity contribution in [3.8, 4) is 0 Å². The largest absolute Gasteiger partial charge is 0.356 e. The van der Waals surface area contributed by atoms with Crippen LogP contribution in [0.5, 0.6) is 0 Å². The van der Waals surface area contributed by atoms with E-state index in [-0.39, 0.29) is 23.7 Å². The molecule has 4 rings (SSSR count). The molecule has 0 aliphatic carbocycles. The Morgan fingerprint density at radius 3 is 2.06 bits per heavy atom. The second kappa shape index (κ2) is 8.99. The van der Waals surface area contributed by atoms with E-state index < -0.39 is 14.9 Å². The summed E-state index contributed by atoms with van der Waals surface area (Å²) in [5.74, 6) is 2.43. The fourth-order valence-electron chi connectivity index (χ4n) is 4.24. The maximum atomic E-state index is 13.1. The maximum absolute atomic E-state index is 13.1. The molecule has 10 nitrogen and oxygen atoms in total. The van der Waals surface area contributed by atoms with E-state index in [9.17, 15) is 18.5 Å². The predicted molar refractivity (Wildman–Crippen MR) is 122 cm³/mol. The molecule has 2 aromatic rings. The van der Waals surface area contributed by atoms with Crippen LogP contribution in [0, 0.1) is 24.0 Å². The molecule has 0 unspecified atom stereocenters. The number of aromatic nitrogens is 2. The van der Waals surface area contributed by atoms with Gasteiger partial charge in [-0.1, -0.05) is 6.07 Å². The summed E-state index contributed by atoms with van der Waals surface area (Å²) in [5, 5.41) is 11.2. The highest BCUT2D eigenvalue weighted by Crippen LogP contribution is 2.27. The number of hydrogen-bond donors (Lipinski definition) is 0. The number of sulfonamides is 1. The smallest absolute Gasteiger partial charge is 0.273 e. The molecule has 0 bridgehead atoms. The van der Waals surface area contributed by atoms with Gasteiger partial charge in [-0.15, -0.1) is 0 Å². The average molecular weight is 461 g/mol. The molecule has 0 radical (unpaired) electrons. The number of rotatable bonds is 5. The third-order valence-corrected chi connectivity index (χ3v) is 7.96. The Hall–Kier alpha value is -2.79. The number of piperazine rings is 1. The number of anilines is 2. The van der Waals surface area contributed by atoms with Crippen LogP contribution in [-0.4, -0.2) is 66.9 Å². The first-order chi connectivity index (χ1) is 15.3. The van der Waals surface area contributed by atoms with Crippen molar-refractivity contribution in [3.63, 3.8) is 0 Å². The normalized spacial score (nSPS) is 18.1. The Labute approximate surface area is 188 Å². The zero-order chi connectivity index (χ0) is 22.9. The van der Waals surface area contributed by atoms with Gasteiger partial charge >= 0.3 is 0 Å². The zero-order valence-electron chi connectivity index (χ0n) is 18.4. The lowest BCUT2D eigenvalue weighted by atomic mass is 10.1. The van der Waals surface area contributed by atoms with Crippen LogP contribution >= 0.6 is 0 Å². The van der Waals surface area contributed by atoms with E-state index in [2.05, 4.69) is 19.8 Å². The van der Waals surface area contributed by atoms with Crippen LogP contribution < -0.4 is 9.80 Å². The summed E-state index contributed by atoms with van der Waals surface area (Å²) in [6.45, 7) is 7.00.